The third-order valence-corrected chi connectivity index (χ3v) is 6.51. The van der Waals surface area contributed by atoms with Crippen molar-refractivity contribution in [3.63, 3.8) is 0 Å². The molecule has 1 aromatic heterocycles. The van der Waals surface area contributed by atoms with Gasteiger partial charge < -0.3 is 10.6 Å². The normalized spacial score (nSPS) is 31.7. The van der Waals surface area contributed by atoms with Crippen LogP contribution in [0.4, 0.5) is 4.79 Å². The molecule has 4 aliphatic carbocycles. The standard InChI is InChI=1S/C21H26N4O2/c22-13-17(18-3-1-2-5-23-18)19(26)4-6-24-20(27)25-21-10-14-7-15(11-21)9-16(8-14)12-21/h1-3,5,14-17H,4,6-12H2,(H2,24,25,27)/t14?,15?,16?,17-,21?/m0/s1. The lowest BCUT2D eigenvalue weighted by atomic mass is 9.53. The van der Waals surface area contributed by atoms with Gasteiger partial charge in [-0.1, -0.05) is 6.07 Å². The second-order valence-corrected chi connectivity index (χ2v) is 8.61. The van der Waals surface area contributed by atoms with E-state index in [9.17, 15) is 14.9 Å². The van der Waals surface area contributed by atoms with Gasteiger partial charge in [0.05, 0.1) is 11.8 Å². The smallest absolute Gasteiger partial charge is 0.315 e. The van der Waals surface area contributed by atoms with Crippen LogP contribution in [0.1, 0.15) is 56.6 Å². The van der Waals surface area contributed by atoms with E-state index in [1.165, 1.54) is 19.3 Å². The van der Waals surface area contributed by atoms with Crippen LogP contribution in [0, 0.1) is 29.1 Å². The van der Waals surface area contributed by atoms with Crippen LogP contribution in [0.3, 0.4) is 0 Å². The number of amides is 2. The van der Waals surface area contributed by atoms with Crippen molar-refractivity contribution in [3.05, 3.63) is 30.1 Å². The molecule has 0 spiro atoms. The molecule has 1 aromatic rings. The van der Waals surface area contributed by atoms with Gasteiger partial charge in [-0.2, -0.15) is 5.26 Å². The molecule has 1 atom stereocenters. The highest BCUT2D eigenvalue weighted by atomic mass is 16.2. The zero-order valence-corrected chi connectivity index (χ0v) is 15.5. The van der Waals surface area contributed by atoms with Crippen LogP contribution in [0.2, 0.25) is 0 Å². The zero-order valence-electron chi connectivity index (χ0n) is 15.5. The van der Waals surface area contributed by atoms with Gasteiger partial charge in [0.15, 0.2) is 5.78 Å². The number of nitrogens with zero attached hydrogens (tertiary/aromatic N) is 2. The Morgan fingerprint density at radius 2 is 1.85 bits per heavy atom. The third kappa shape index (κ3) is 3.83. The summed E-state index contributed by atoms with van der Waals surface area (Å²) >= 11 is 0. The molecule has 0 aliphatic heterocycles. The van der Waals surface area contributed by atoms with Gasteiger partial charge in [0, 0.05) is 24.7 Å². The van der Waals surface area contributed by atoms with Gasteiger partial charge in [-0.15, -0.1) is 0 Å². The topological polar surface area (TPSA) is 94.9 Å². The van der Waals surface area contributed by atoms with Crippen LogP contribution in [0.15, 0.2) is 24.4 Å². The highest BCUT2D eigenvalue weighted by Gasteiger charge is 2.51. The van der Waals surface area contributed by atoms with E-state index in [0.717, 1.165) is 37.0 Å². The summed E-state index contributed by atoms with van der Waals surface area (Å²) in [5.41, 5.74) is 0.425. The Hall–Kier alpha value is -2.42. The molecule has 2 amide bonds. The first-order valence-electron chi connectivity index (χ1n) is 9.96. The summed E-state index contributed by atoms with van der Waals surface area (Å²) in [4.78, 5) is 28.8. The summed E-state index contributed by atoms with van der Waals surface area (Å²) in [6.07, 6.45) is 9.00. The SMILES string of the molecule is N#C[C@H](C(=O)CCNC(=O)NC12CC3CC(CC(C3)C1)C2)c1ccccn1. The Balaban J connectivity index is 1.26. The number of pyridine rings is 1. The van der Waals surface area contributed by atoms with Crippen molar-refractivity contribution in [1.29, 1.82) is 5.26 Å². The van der Waals surface area contributed by atoms with Crippen molar-refractivity contribution < 1.29 is 9.59 Å². The fourth-order valence-corrected chi connectivity index (χ4v) is 5.84. The molecule has 0 aromatic carbocycles. The van der Waals surface area contributed by atoms with Crippen molar-refractivity contribution in [1.82, 2.24) is 15.6 Å². The molecular formula is C21H26N4O2. The largest absolute Gasteiger partial charge is 0.338 e. The number of hydrogen-bond donors (Lipinski definition) is 2. The average molecular weight is 366 g/mol. The van der Waals surface area contributed by atoms with E-state index >= 15 is 0 Å². The average Bonchev–Trinajstić information content (AvgIpc) is 2.61. The molecule has 4 bridgehead atoms. The molecule has 6 nitrogen and oxygen atoms in total. The Morgan fingerprint density at radius 1 is 1.19 bits per heavy atom. The van der Waals surface area contributed by atoms with E-state index in [1.807, 2.05) is 6.07 Å². The molecule has 4 aliphatic rings. The fourth-order valence-electron chi connectivity index (χ4n) is 5.84. The molecule has 6 heteroatoms. The summed E-state index contributed by atoms with van der Waals surface area (Å²) in [5.74, 6) is 1.22. The Morgan fingerprint density at radius 3 is 2.41 bits per heavy atom. The van der Waals surface area contributed by atoms with Crippen molar-refractivity contribution in [2.45, 2.75) is 56.4 Å². The second kappa shape index (κ2) is 7.30. The second-order valence-electron chi connectivity index (χ2n) is 8.61. The molecule has 0 radical (unpaired) electrons. The number of Topliss-reactive ketones (excluding diaryl/α,β-unsaturated/α-hetero) is 1. The number of aromatic nitrogens is 1. The van der Waals surface area contributed by atoms with Crippen LogP contribution < -0.4 is 10.6 Å². The highest BCUT2D eigenvalue weighted by molar-refractivity contribution is 5.88. The number of carbonyl (C=O) groups is 2. The number of ketones is 1. The lowest BCUT2D eigenvalue weighted by Crippen LogP contribution is -2.61. The number of nitriles is 1. The number of nitrogens with one attached hydrogen (secondary N) is 2. The first-order valence-corrected chi connectivity index (χ1v) is 9.96. The molecule has 0 saturated heterocycles. The van der Waals surface area contributed by atoms with E-state index in [1.54, 1.807) is 24.4 Å². The summed E-state index contributed by atoms with van der Waals surface area (Å²) in [5, 5.41) is 15.3. The molecule has 2 N–H and O–H groups in total. The van der Waals surface area contributed by atoms with Gasteiger partial charge in [0.25, 0.3) is 0 Å². The summed E-state index contributed by atoms with van der Waals surface area (Å²) in [6, 6.07) is 7.02. The van der Waals surface area contributed by atoms with Gasteiger partial charge in [-0.3, -0.25) is 9.78 Å². The predicted octanol–water partition coefficient (Wildman–Crippen LogP) is 2.92. The summed E-state index contributed by atoms with van der Waals surface area (Å²) < 4.78 is 0. The Bertz CT molecular complexity index is 720. The molecular weight excluding hydrogens is 340 g/mol. The molecule has 142 valence electrons. The molecule has 1 heterocycles. The molecule has 4 fully saturated rings. The van der Waals surface area contributed by atoms with Gasteiger partial charge in [-0.05, 0) is 68.4 Å². The van der Waals surface area contributed by atoms with E-state index < -0.39 is 5.92 Å². The Labute approximate surface area is 159 Å². The van der Waals surface area contributed by atoms with Crippen LogP contribution in [0.5, 0.6) is 0 Å². The van der Waals surface area contributed by atoms with Gasteiger partial charge in [0.2, 0.25) is 0 Å². The van der Waals surface area contributed by atoms with E-state index in [4.69, 9.17) is 0 Å². The van der Waals surface area contributed by atoms with E-state index in [-0.39, 0.29) is 30.3 Å². The monoisotopic (exact) mass is 366 g/mol. The maximum atomic E-state index is 12.4. The van der Waals surface area contributed by atoms with Crippen molar-refractivity contribution in [2.24, 2.45) is 17.8 Å². The van der Waals surface area contributed by atoms with Crippen LogP contribution >= 0.6 is 0 Å². The van der Waals surface area contributed by atoms with E-state index in [0.29, 0.717) is 5.69 Å². The minimum atomic E-state index is -0.876. The number of carbonyl (C=O) groups excluding carboxylic acids is 2. The first-order chi connectivity index (χ1) is 13.1. The number of hydrogen-bond acceptors (Lipinski definition) is 4. The zero-order chi connectivity index (χ0) is 18.9. The lowest BCUT2D eigenvalue weighted by Gasteiger charge is -2.56. The van der Waals surface area contributed by atoms with Gasteiger partial charge >= 0.3 is 6.03 Å². The van der Waals surface area contributed by atoms with Crippen molar-refractivity contribution in [2.75, 3.05) is 6.54 Å². The van der Waals surface area contributed by atoms with Crippen molar-refractivity contribution in [3.8, 4) is 6.07 Å². The summed E-state index contributed by atoms with van der Waals surface area (Å²) in [7, 11) is 0. The Kier molecular flexibility index (Phi) is 4.86. The minimum absolute atomic E-state index is 0.0357. The van der Waals surface area contributed by atoms with Crippen LogP contribution in [-0.4, -0.2) is 28.9 Å². The third-order valence-electron chi connectivity index (χ3n) is 6.51. The fraction of sp³-hybridized carbons (Fsp3) is 0.619. The minimum Gasteiger partial charge on any atom is -0.338 e. The van der Waals surface area contributed by atoms with Crippen LogP contribution in [-0.2, 0) is 4.79 Å². The van der Waals surface area contributed by atoms with E-state index in [2.05, 4.69) is 15.6 Å². The maximum absolute atomic E-state index is 12.4. The van der Waals surface area contributed by atoms with Crippen LogP contribution in [0.25, 0.3) is 0 Å². The molecule has 4 saturated carbocycles. The summed E-state index contributed by atoms with van der Waals surface area (Å²) in [6.45, 7) is 0.238. The number of rotatable bonds is 6. The quantitative estimate of drug-likeness (QED) is 0.809. The predicted molar refractivity (Wildman–Crippen MR) is 99.7 cm³/mol. The maximum Gasteiger partial charge on any atom is 0.315 e. The van der Waals surface area contributed by atoms with Gasteiger partial charge in [0.1, 0.15) is 5.92 Å². The van der Waals surface area contributed by atoms with Crippen molar-refractivity contribution >= 4 is 11.8 Å². The molecule has 5 rings (SSSR count). The van der Waals surface area contributed by atoms with Gasteiger partial charge in [-0.25, -0.2) is 4.79 Å². The first kappa shape index (κ1) is 18.0. The lowest BCUT2D eigenvalue weighted by molar-refractivity contribution is -0.119. The highest BCUT2D eigenvalue weighted by Crippen LogP contribution is 2.55. The number of urea groups is 1. The molecule has 27 heavy (non-hydrogen) atoms. The molecule has 0 unspecified atom stereocenters.